The van der Waals surface area contributed by atoms with Crippen molar-refractivity contribution in [1.82, 2.24) is 9.97 Å². The van der Waals surface area contributed by atoms with Crippen molar-refractivity contribution >= 4 is 0 Å². The molecule has 0 fully saturated rings. The molecule has 1 aromatic heterocycles. The monoisotopic (exact) mass is 624 g/mol. The Morgan fingerprint density at radius 2 is 0.796 bits per heavy atom. The summed E-state index contributed by atoms with van der Waals surface area (Å²) in [5.41, 5.74) is 14.5. The molecule has 0 bridgehead atoms. The van der Waals surface area contributed by atoms with Crippen LogP contribution in [0.4, 0.5) is 0 Å². The molecule has 8 aromatic rings. The first kappa shape index (κ1) is 28.8. The van der Waals surface area contributed by atoms with Gasteiger partial charge in [-0.1, -0.05) is 182 Å². The first-order chi connectivity index (χ1) is 24.3. The van der Waals surface area contributed by atoms with Gasteiger partial charge in [-0.15, -0.1) is 0 Å². The molecule has 1 heterocycles. The van der Waals surface area contributed by atoms with E-state index in [-0.39, 0.29) is 0 Å². The fourth-order valence-electron chi connectivity index (χ4n) is 7.65. The molecule has 230 valence electrons. The topological polar surface area (TPSA) is 25.8 Å². The zero-order chi connectivity index (χ0) is 32.6. The molecular formula is C47H32N2. The molecule has 0 unspecified atom stereocenters. The molecule has 2 heteroatoms. The summed E-state index contributed by atoms with van der Waals surface area (Å²) in [5.74, 6) is 0.715. The van der Waals surface area contributed by atoms with E-state index in [9.17, 15) is 0 Å². The number of aromatic nitrogens is 2. The Morgan fingerprint density at radius 3 is 1.47 bits per heavy atom. The van der Waals surface area contributed by atoms with Gasteiger partial charge >= 0.3 is 0 Å². The van der Waals surface area contributed by atoms with Gasteiger partial charge in [-0.05, 0) is 56.6 Å². The number of hydrogen-bond acceptors (Lipinski definition) is 2. The molecule has 49 heavy (non-hydrogen) atoms. The highest BCUT2D eigenvalue weighted by Gasteiger charge is 2.46. The maximum Gasteiger partial charge on any atom is 0.160 e. The van der Waals surface area contributed by atoms with Crippen LogP contribution in [0.2, 0.25) is 0 Å². The minimum Gasteiger partial charge on any atom is -0.228 e. The first-order valence-corrected chi connectivity index (χ1v) is 16.8. The Kier molecular flexibility index (Phi) is 7.06. The molecule has 0 N–H and O–H groups in total. The highest BCUT2D eigenvalue weighted by molar-refractivity contribution is 5.96. The molecule has 0 radical (unpaired) electrons. The van der Waals surface area contributed by atoms with E-state index in [0.29, 0.717) is 5.82 Å². The van der Waals surface area contributed by atoms with E-state index < -0.39 is 5.41 Å². The maximum absolute atomic E-state index is 5.13. The number of benzene rings is 7. The van der Waals surface area contributed by atoms with E-state index in [4.69, 9.17) is 9.97 Å². The third-order valence-corrected chi connectivity index (χ3v) is 9.78. The van der Waals surface area contributed by atoms with E-state index >= 15 is 0 Å². The molecule has 0 amide bonds. The van der Waals surface area contributed by atoms with Gasteiger partial charge in [0.15, 0.2) is 5.82 Å². The number of nitrogens with zero attached hydrogens (tertiary/aromatic N) is 2. The Hall–Kier alpha value is -6.38. The zero-order valence-corrected chi connectivity index (χ0v) is 26.9. The van der Waals surface area contributed by atoms with E-state index in [1.807, 2.05) is 24.3 Å². The van der Waals surface area contributed by atoms with Gasteiger partial charge < -0.3 is 0 Å². The number of fused-ring (bicyclic) bond motifs is 3. The van der Waals surface area contributed by atoms with Gasteiger partial charge in [0, 0.05) is 16.7 Å². The van der Waals surface area contributed by atoms with Crippen LogP contribution in [0.5, 0.6) is 0 Å². The molecule has 0 saturated carbocycles. The second-order valence-corrected chi connectivity index (χ2v) is 12.5. The lowest BCUT2D eigenvalue weighted by Gasteiger charge is -2.34. The number of hydrogen-bond donors (Lipinski definition) is 0. The average molecular weight is 625 g/mol. The lowest BCUT2D eigenvalue weighted by Crippen LogP contribution is -2.28. The largest absolute Gasteiger partial charge is 0.228 e. The van der Waals surface area contributed by atoms with Crippen LogP contribution < -0.4 is 0 Å². The molecule has 0 saturated heterocycles. The summed E-state index contributed by atoms with van der Waals surface area (Å²) in [6, 6.07) is 69.2. The summed E-state index contributed by atoms with van der Waals surface area (Å²) in [7, 11) is 0. The van der Waals surface area contributed by atoms with Crippen LogP contribution in [0.1, 0.15) is 22.3 Å². The van der Waals surface area contributed by atoms with Gasteiger partial charge in [-0.2, -0.15) is 0 Å². The third kappa shape index (κ3) is 4.80. The minimum absolute atomic E-state index is 0.441. The molecule has 7 aromatic carbocycles. The van der Waals surface area contributed by atoms with Crippen LogP contribution in [0.3, 0.4) is 0 Å². The van der Waals surface area contributed by atoms with E-state index in [2.05, 4.69) is 170 Å². The average Bonchev–Trinajstić information content (AvgIpc) is 3.50. The highest BCUT2D eigenvalue weighted by Crippen LogP contribution is 2.58. The minimum atomic E-state index is -0.441. The van der Waals surface area contributed by atoms with Crippen molar-refractivity contribution in [3.05, 3.63) is 216 Å². The van der Waals surface area contributed by atoms with Crippen LogP contribution >= 0.6 is 0 Å². The van der Waals surface area contributed by atoms with Crippen molar-refractivity contribution in [2.75, 3.05) is 0 Å². The van der Waals surface area contributed by atoms with Gasteiger partial charge in [0.1, 0.15) is 0 Å². The predicted octanol–water partition coefficient (Wildman–Crippen LogP) is 11.5. The molecule has 1 aliphatic carbocycles. The predicted molar refractivity (Wildman–Crippen MR) is 201 cm³/mol. The first-order valence-electron chi connectivity index (χ1n) is 16.8. The van der Waals surface area contributed by atoms with E-state index in [1.165, 1.54) is 38.9 Å². The quantitative estimate of drug-likeness (QED) is 0.184. The van der Waals surface area contributed by atoms with E-state index in [1.54, 1.807) is 0 Å². The summed E-state index contributed by atoms with van der Waals surface area (Å²) in [4.78, 5) is 10.1. The van der Waals surface area contributed by atoms with Crippen molar-refractivity contribution < 1.29 is 0 Å². The van der Waals surface area contributed by atoms with Crippen molar-refractivity contribution in [3.8, 4) is 56.2 Å². The van der Waals surface area contributed by atoms with Gasteiger partial charge in [-0.3, -0.25) is 0 Å². The van der Waals surface area contributed by atoms with Crippen LogP contribution in [-0.4, -0.2) is 9.97 Å². The van der Waals surface area contributed by atoms with Gasteiger partial charge in [0.05, 0.1) is 16.8 Å². The fourth-order valence-corrected chi connectivity index (χ4v) is 7.65. The fraction of sp³-hybridized carbons (Fsp3) is 0.0213. The van der Waals surface area contributed by atoms with Gasteiger partial charge in [0.2, 0.25) is 0 Å². The zero-order valence-electron chi connectivity index (χ0n) is 26.9. The van der Waals surface area contributed by atoms with Crippen LogP contribution in [0, 0.1) is 0 Å². The molecule has 0 atom stereocenters. The van der Waals surface area contributed by atoms with Crippen LogP contribution in [0.25, 0.3) is 56.2 Å². The van der Waals surface area contributed by atoms with Gasteiger partial charge in [0.25, 0.3) is 0 Å². The summed E-state index contributed by atoms with van der Waals surface area (Å²) < 4.78 is 0. The smallest absolute Gasteiger partial charge is 0.160 e. The maximum atomic E-state index is 5.13. The standard InChI is InChI=1S/C47H32N2/c1-5-17-33(18-6-1)43-32-44(49-46(48-43)34-19-7-2-8-20-34)36-22-15-21-35(31-36)39-28-16-30-42-45(39)40-27-13-14-29-41(40)47(42,37-23-9-3-10-24-37)38-25-11-4-12-26-38/h1-32H. The lowest BCUT2D eigenvalue weighted by atomic mass is 9.67. The molecule has 2 nitrogen and oxygen atoms in total. The summed E-state index contributed by atoms with van der Waals surface area (Å²) in [5, 5.41) is 0. The third-order valence-electron chi connectivity index (χ3n) is 9.78. The summed E-state index contributed by atoms with van der Waals surface area (Å²) in [6.45, 7) is 0. The SMILES string of the molecule is c1ccc(-c2cc(-c3cccc(-c4cccc5c4-c4ccccc4C5(c4ccccc4)c4ccccc4)c3)nc(-c3ccccc3)n2)cc1. The molecule has 1 aliphatic rings. The lowest BCUT2D eigenvalue weighted by molar-refractivity contribution is 0.768. The Labute approximate surface area is 287 Å². The second kappa shape index (κ2) is 12.0. The molecule has 0 aliphatic heterocycles. The van der Waals surface area contributed by atoms with E-state index in [0.717, 1.165) is 33.6 Å². The summed E-state index contributed by atoms with van der Waals surface area (Å²) >= 11 is 0. The highest BCUT2D eigenvalue weighted by atomic mass is 14.9. The second-order valence-electron chi connectivity index (χ2n) is 12.5. The van der Waals surface area contributed by atoms with Crippen molar-refractivity contribution in [1.29, 1.82) is 0 Å². The van der Waals surface area contributed by atoms with Gasteiger partial charge in [-0.25, -0.2) is 9.97 Å². The Bertz CT molecular complexity index is 2320. The van der Waals surface area contributed by atoms with Crippen molar-refractivity contribution in [2.24, 2.45) is 0 Å². The van der Waals surface area contributed by atoms with Crippen LogP contribution in [-0.2, 0) is 5.41 Å². The Morgan fingerprint density at radius 1 is 0.327 bits per heavy atom. The molecule has 0 spiro atoms. The Balaban J connectivity index is 1.26. The van der Waals surface area contributed by atoms with Crippen molar-refractivity contribution in [2.45, 2.75) is 5.41 Å². The van der Waals surface area contributed by atoms with Crippen molar-refractivity contribution in [3.63, 3.8) is 0 Å². The molecule has 9 rings (SSSR count). The number of rotatable bonds is 6. The summed E-state index contributed by atoms with van der Waals surface area (Å²) in [6.07, 6.45) is 0. The normalized spacial score (nSPS) is 12.7. The molecular weight excluding hydrogens is 593 g/mol. The van der Waals surface area contributed by atoms with Crippen LogP contribution in [0.15, 0.2) is 194 Å².